The molecule has 0 unspecified atom stereocenters. The predicted octanol–water partition coefficient (Wildman–Crippen LogP) is 3.45. The Morgan fingerprint density at radius 2 is 2.08 bits per heavy atom. The van der Waals surface area contributed by atoms with Crippen LogP contribution in [0.15, 0.2) is 40.6 Å². The summed E-state index contributed by atoms with van der Waals surface area (Å²) in [6.45, 7) is -1.47. The molecule has 0 aliphatic heterocycles. The topological polar surface area (TPSA) is 55.6 Å². The van der Waals surface area contributed by atoms with E-state index in [1.165, 1.54) is 21.8 Å². The van der Waals surface area contributed by atoms with Crippen molar-refractivity contribution < 1.29 is 22.3 Å². The van der Waals surface area contributed by atoms with E-state index >= 15 is 0 Å². The number of ether oxygens (including phenoxy) is 1. The quantitative estimate of drug-likeness (QED) is 0.696. The molecular formula is C15H11F4N3O2S. The highest BCUT2D eigenvalue weighted by atomic mass is 32.1. The third kappa shape index (κ3) is 4.27. The Kier molecular flexibility index (Phi) is 4.62. The monoisotopic (exact) mass is 373 g/mol. The van der Waals surface area contributed by atoms with E-state index in [2.05, 4.69) is 15.0 Å². The van der Waals surface area contributed by atoms with Gasteiger partial charge in [0.2, 0.25) is 0 Å². The summed E-state index contributed by atoms with van der Waals surface area (Å²) in [6.07, 6.45) is -2.92. The fourth-order valence-corrected chi connectivity index (χ4v) is 2.83. The lowest BCUT2D eigenvalue weighted by atomic mass is 10.2. The van der Waals surface area contributed by atoms with Crippen LogP contribution in [0.4, 0.5) is 23.2 Å². The first-order chi connectivity index (χ1) is 11.8. The smallest absolute Gasteiger partial charge is 0.422 e. The second kappa shape index (κ2) is 6.71. The van der Waals surface area contributed by atoms with Crippen molar-refractivity contribution in [3.05, 3.63) is 57.7 Å². The Bertz CT molecular complexity index is 952. The first-order valence-corrected chi connectivity index (χ1v) is 7.88. The number of alkyl halides is 3. The molecule has 0 fully saturated rings. The van der Waals surface area contributed by atoms with Gasteiger partial charge in [0.1, 0.15) is 11.6 Å². The van der Waals surface area contributed by atoms with E-state index in [1.807, 2.05) is 0 Å². The van der Waals surface area contributed by atoms with E-state index in [9.17, 15) is 22.4 Å². The van der Waals surface area contributed by atoms with Gasteiger partial charge in [-0.3, -0.25) is 9.20 Å². The molecule has 0 aliphatic rings. The average Bonchev–Trinajstić information content (AvgIpc) is 3.00. The maximum absolute atomic E-state index is 13.4. The van der Waals surface area contributed by atoms with Gasteiger partial charge in [-0.1, -0.05) is 0 Å². The molecule has 10 heteroatoms. The molecule has 3 aromatic rings. The highest BCUT2D eigenvalue weighted by Gasteiger charge is 2.28. The molecule has 0 saturated carbocycles. The fraction of sp³-hybridized carbons (Fsp3) is 0.200. The fourth-order valence-electron chi connectivity index (χ4n) is 2.09. The van der Waals surface area contributed by atoms with Crippen molar-refractivity contribution in [1.29, 1.82) is 0 Å². The van der Waals surface area contributed by atoms with Crippen LogP contribution in [-0.4, -0.2) is 22.2 Å². The zero-order chi connectivity index (χ0) is 18.0. The Morgan fingerprint density at radius 1 is 1.28 bits per heavy atom. The van der Waals surface area contributed by atoms with Crippen LogP contribution < -0.4 is 15.6 Å². The summed E-state index contributed by atoms with van der Waals surface area (Å²) in [4.78, 5) is 16.6. The largest absolute Gasteiger partial charge is 0.482 e. The van der Waals surface area contributed by atoms with Crippen molar-refractivity contribution in [3.63, 3.8) is 0 Å². The number of anilines is 1. The minimum atomic E-state index is -4.51. The van der Waals surface area contributed by atoms with Crippen molar-refractivity contribution in [1.82, 2.24) is 9.38 Å². The van der Waals surface area contributed by atoms with Gasteiger partial charge in [-0.2, -0.15) is 13.2 Å². The lowest BCUT2D eigenvalue weighted by Gasteiger charge is -2.14. The minimum absolute atomic E-state index is 0.0233. The van der Waals surface area contributed by atoms with Crippen molar-refractivity contribution in [2.75, 3.05) is 11.9 Å². The Hall–Kier alpha value is -2.62. The molecule has 25 heavy (non-hydrogen) atoms. The lowest BCUT2D eigenvalue weighted by molar-refractivity contribution is -0.153. The molecule has 0 spiro atoms. The van der Waals surface area contributed by atoms with Gasteiger partial charge < -0.3 is 10.1 Å². The number of nitrogens with one attached hydrogen (secondary N) is 1. The van der Waals surface area contributed by atoms with Crippen LogP contribution in [0.5, 0.6) is 5.75 Å². The van der Waals surface area contributed by atoms with Crippen LogP contribution in [-0.2, 0) is 6.54 Å². The summed E-state index contributed by atoms with van der Waals surface area (Å²) in [7, 11) is 0. The third-order valence-corrected chi connectivity index (χ3v) is 3.91. The number of benzene rings is 1. The maximum Gasteiger partial charge on any atom is 0.422 e. The van der Waals surface area contributed by atoms with Crippen LogP contribution in [0.2, 0.25) is 0 Å². The van der Waals surface area contributed by atoms with Gasteiger partial charge >= 0.3 is 6.18 Å². The summed E-state index contributed by atoms with van der Waals surface area (Å²) in [5.74, 6) is -0.781. The van der Waals surface area contributed by atoms with E-state index in [0.29, 0.717) is 10.7 Å². The number of aromatic nitrogens is 2. The molecule has 1 aromatic carbocycles. The number of nitrogens with zero attached hydrogens (tertiary/aromatic N) is 2. The van der Waals surface area contributed by atoms with Gasteiger partial charge in [0.15, 0.2) is 11.6 Å². The molecule has 0 radical (unpaired) electrons. The van der Waals surface area contributed by atoms with Crippen molar-refractivity contribution >= 4 is 22.0 Å². The molecule has 0 aliphatic carbocycles. The average molecular weight is 373 g/mol. The predicted molar refractivity (Wildman–Crippen MR) is 84.6 cm³/mol. The summed E-state index contributed by atoms with van der Waals surface area (Å²) in [5.41, 5.74) is 0.131. The molecular weight excluding hydrogens is 362 g/mol. The highest BCUT2D eigenvalue weighted by Crippen LogP contribution is 2.28. The van der Waals surface area contributed by atoms with E-state index in [4.69, 9.17) is 0 Å². The standard InChI is InChI=1S/C15H11F4N3O2S/c16-9-1-2-12(24-8-15(17,18)19)11(5-9)20-7-10-6-13(23)22-3-4-25-14(22)21-10/h1-6,20H,7-8H2. The summed E-state index contributed by atoms with van der Waals surface area (Å²) >= 11 is 1.27. The maximum atomic E-state index is 13.4. The first kappa shape index (κ1) is 17.2. The van der Waals surface area contributed by atoms with E-state index in [-0.39, 0.29) is 23.5 Å². The number of fused-ring (bicyclic) bond motifs is 1. The lowest BCUT2D eigenvalue weighted by Crippen LogP contribution is -2.20. The van der Waals surface area contributed by atoms with E-state index < -0.39 is 18.6 Å². The Labute approximate surface area is 142 Å². The van der Waals surface area contributed by atoms with E-state index in [0.717, 1.165) is 18.2 Å². The molecule has 0 amide bonds. The molecule has 1 N–H and O–H groups in total. The first-order valence-electron chi connectivity index (χ1n) is 7.00. The van der Waals surface area contributed by atoms with Gasteiger partial charge in [-0.05, 0) is 12.1 Å². The molecule has 0 saturated heterocycles. The number of rotatable bonds is 5. The number of hydrogen-bond acceptors (Lipinski definition) is 5. The zero-order valence-corrected chi connectivity index (χ0v) is 13.3. The van der Waals surface area contributed by atoms with Crippen LogP contribution in [0, 0.1) is 5.82 Å². The molecule has 132 valence electrons. The van der Waals surface area contributed by atoms with Gasteiger partial charge in [-0.15, -0.1) is 11.3 Å². The zero-order valence-electron chi connectivity index (χ0n) is 12.5. The second-order valence-electron chi connectivity index (χ2n) is 5.04. The molecule has 0 bridgehead atoms. The SMILES string of the molecule is O=c1cc(CNc2cc(F)ccc2OCC(F)(F)F)nc2sccn12. The summed E-state index contributed by atoms with van der Waals surface area (Å²) in [6, 6.07) is 4.41. The number of thiazole rings is 1. The molecule has 2 heterocycles. The van der Waals surface area contributed by atoms with Crippen molar-refractivity contribution in [3.8, 4) is 5.75 Å². The Morgan fingerprint density at radius 3 is 2.84 bits per heavy atom. The molecule has 5 nitrogen and oxygen atoms in total. The van der Waals surface area contributed by atoms with Gasteiger partial charge in [0.05, 0.1) is 17.9 Å². The second-order valence-corrected chi connectivity index (χ2v) is 5.91. The molecule has 3 rings (SSSR count). The van der Waals surface area contributed by atoms with Crippen molar-refractivity contribution in [2.45, 2.75) is 12.7 Å². The Balaban J connectivity index is 1.79. The summed E-state index contributed by atoms with van der Waals surface area (Å²) in [5, 5.41) is 4.46. The highest BCUT2D eigenvalue weighted by molar-refractivity contribution is 7.15. The molecule has 0 atom stereocenters. The third-order valence-electron chi connectivity index (χ3n) is 3.15. The van der Waals surface area contributed by atoms with Crippen LogP contribution in [0.3, 0.4) is 0 Å². The van der Waals surface area contributed by atoms with Crippen LogP contribution in [0.1, 0.15) is 5.69 Å². The van der Waals surface area contributed by atoms with Crippen LogP contribution >= 0.6 is 11.3 Å². The minimum Gasteiger partial charge on any atom is -0.482 e. The van der Waals surface area contributed by atoms with E-state index in [1.54, 1.807) is 11.6 Å². The number of hydrogen-bond donors (Lipinski definition) is 1. The normalized spacial score (nSPS) is 11.7. The van der Waals surface area contributed by atoms with Gasteiger partial charge in [-0.25, -0.2) is 9.37 Å². The summed E-state index contributed by atoms with van der Waals surface area (Å²) < 4.78 is 56.3. The molecule has 2 aromatic heterocycles. The van der Waals surface area contributed by atoms with Crippen molar-refractivity contribution in [2.24, 2.45) is 0 Å². The number of halogens is 4. The van der Waals surface area contributed by atoms with Gasteiger partial charge in [0, 0.05) is 23.7 Å². The van der Waals surface area contributed by atoms with Gasteiger partial charge in [0.25, 0.3) is 5.56 Å². The van der Waals surface area contributed by atoms with Crippen LogP contribution in [0.25, 0.3) is 4.96 Å².